The van der Waals surface area contributed by atoms with Gasteiger partial charge in [-0.25, -0.2) is 9.97 Å². The summed E-state index contributed by atoms with van der Waals surface area (Å²) in [6.07, 6.45) is 11.6. The van der Waals surface area contributed by atoms with Gasteiger partial charge in [-0.05, 0) is 24.5 Å². The van der Waals surface area contributed by atoms with Crippen LogP contribution in [-0.2, 0) is 6.54 Å². The van der Waals surface area contributed by atoms with E-state index in [1.807, 2.05) is 24.7 Å². The molecule has 1 aliphatic heterocycles. The molecule has 3 aromatic heterocycles. The van der Waals surface area contributed by atoms with Gasteiger partial charge in [0, 0.05) is 56.1 Å². The minimum Gasteiger partial charge on any atom is -0.481 e. The number of hydrogen-bond donors (Lipinski definition) is 0. The first-order chi connectivity index (χ1) is 12.8. The molecule has 0 amide bonds. The van der Waals surface area contributed by atoms with Gasteiger partial charge in [-0.2, -0.15) is 4.98 Å². The zero-order valence-electron chi connectivity index (χ0n) is 14.8. The fraction of sp³-hybridized carbons (Fsp3) is 0.368. The van der Waals surface area contributed by atoms with Gasteiger partial charge in [0.1, 0.15) is 5.82 Å². The van der Waals surface area contributed by atoms with E-state index in [0.717, 1.165) is 44.2 Å². The molecule has 0 bridgehead atoms. The van der Waals surface area contributed by atoms with Crippen LogP contribution in [0.3, 0.4) is 0 Å². The van der Waals surface area contributed by atoms with Crippen molar-refractivity contribution in [3.8, 4) is 5.88 Å². The number of methoxy groups -OCH3 is 1. The molecule has 0 radical (unpaired) electrons. The predicted octanol–water partition coefficient (Wildman–Crippen LogP) is 2.51. The molecule has 134 valence electrons. The number of hydrogen-bond acceptors (Lipinski definition) is 6. The fourth-order valence-corrected chi connectivity index (χ4v) is 3.47. The van der Waals surface area contributed by atoms with E-state index in [4.69, 9.17) is 4.74 Å². The molecule has 1 fully saturated rings. The third kappa shape index (κ3) is 3.51. The Kier molecular flexibility index (Phi) is 4.77. The number of rotatable bonds is 5. The van der Waals surface area contributed by atoms with Gasteiger partial charge < -0.3 is 14.2 Å². The highest BCUT2D eigenvalue weighted by molar-refractivity contribution is 5.34. The van der Waals surface area contributed by atoms with Crippen molar-refractivity contribution in [2.24, 2.45) is 0 Å². The lowest BCUT2D eigenvalue weighted by Crippen LogP contribution is -2.36. The monoisotopic (exact) mass is 350 g/mol. The van der Waals surface area contributed by atoms with Crippen molar-refractivity contribution in [2.75, 3.05) is 25.1 Å². The number of piperidine rings is 1. The minimum absolute atomic E-state index is 0.352. The summed E-state index contributed by atoms with van der Waals surface area (Å²) in [5.41, 5.74) is 1.18. The van der Waals surface area contributed by atoms with Crippen molar-refractivity contribution in [1.82, 2.24) is 24.5 Å². The highest BCUT2D eigenvalue weighted by atomic mass is 16.5. The van der Waals surface area contributed by atoms with Crippen LogP contribution in [0, 0.1) is 0 Å². The van der Waals surface area contributed by atoms with E-state index < -0.39 is 0 Å². The third-order valence-corrected chi connectivity index (χ3v) is 4.72. The van der Waals surface area contributed by atoms with Gasteiger partial charge in [0.2, 0.25) is 11.8 Å². The zero-order chi connectivity index (χ0) is 17.8. The van der Waals surface area contributed by atoms with Crippen LogP contribution in [0.4, 0.5) is 5.95 Å². The quantitative estimate of drug-likeness (QED) is 0.704. The van der Waals surface area contributed by atoms with Crippen molar-refractivity contribution in [1.29, 1.82) is 0 Å². The summed E-state index contributed by atoms with van der Waals surface area (Å²) in [6.45, 7) is 2.60. The predicted molar refractivity (Wildman–Crippen MR) is 98.3 cm³/mol. The van der Waals surface area contributed by atoms with Crippen LogP contribution in [0.25, 0.3) is 0 Å². The second-order valence-electron chi connectivity index (χ2n) is 6.46. The molecule has 4 heterocycles. The number of anilines is 1. The normalized spacial score (nSPS) is 17.3. The molecule has 0 aliphatic carbocycles. The van der Waals surface area contributed by atoms with Gasteiger partial charge >= 0.3 is 0 Å². The summed E-state index contributed by atoms with van der Waals surface area (Å²) >= 11 is 0. The molecule has 0 saturated carbocycles. The maximum Gasteiger partial charge on any atom is 0.228 e. The molecule has 7 heteroatoms. The Balaban J connectivity index is 1.52. The molecule has 4 rings (SSSR count). The molecule has 1 atom stereocenters. The van der Waals surface area contributed by atoms with Crippen LogP contribution in [0.1, 0.15) is 30.1 Å². The lowest BCUT2D eigenvalue weighted by atomic mass is 9.97. The maximum absolute atomic E-state index is 5.23. The molecule has 0 spiro atoms. The van der Waals surface area contributed by atoms with Crippen molar-refractivity contribution in [2.45, 2.75) is 25.3 Å². The molecule has 1 saturated heterocycles. The molecule has 3 aromatic rings. The van der Waals surface area contributed by atoms with Gasteiger partial charge in [-0.3, -0.25) is 4.98 Å². The SMILES string of the molecule is COc1ccnc(N2CCC[C@@H](c3nccn3Cc3cccnc3)C2)n1. The topological polar surface area (TPSA) is 69.0 Å². The average Bonchev–Trinajstić information content (AvgIpc) is 3.17. The van der Waals surface area contributed by atoms with E-state index in [0.29, 0.717) is 11.8 Å². The number of imidazole rings is 1. The zero-order valence-corrected chi connectivity index (χ0v) is 14.8. The highest BCUT2D eigenvalue weighted by Crippen LogP contribution is 2.28. The van der Waals surface area contributed by atoms with Crippen LogP contribution in [0.2, 0.25) is 0 Å². The molecular formula is C19H22N6O. The lowest BCUT2D eigenvalue weighted by molar-refractivity contribution is 0.395. The van der Waals surface area contributed by atoms with Crippen LogP contribution in [0.5, 0.6) is 5.88 Å². The highest BCUT2D eigenvalue weighted by Gasteiger charge is 2.26. The number of nitrogens with zero attached hydrogens (tertiary/aromatic N) is 6. The van der Waals surface area contributed by atoms with Gasteiger partial charge in [0.05, 0.1) is 13.7 Å². The smallest absolute Gasteiger partial charge is 0.228 e. The van der Waals surface area contributed by atoms with Crippen molar-refractivity contribution >= 4 is 5.95 Å². The van der Waals surface area contributed by atoms with E-state index in [-0.39, 0.29) is 0 Å². The van der Waals surface area contributed by atoms with Crippen molar-refractivity contribution < 1.29 is 4.74 Å². The van der Waals surface area contributed by atoms with E-state index >= 15 is 0 Å². The second-order valence-corrected chi connectivity index (χ2v) is 6.46. The summed E-state index contributed by atoms with van der Waals surface area (Å²) in [5.74, 6) is 2.78. The molecule has 0 aromatic carbocycles. The first-order valence-corrected chi connectivity index (χ1v) is 8.85. The van der Waals surface area contributed by atoms with Crippen LogP contribution in [-0.4, -0.2) is 44.7 Å². The largest absolute Gasteiger partial charge is 0.481 e. The Morgan fingerprint density at radius 2 is 2.15 bits per heavy atom. The van der Waals surface area contributed by atoms with Crippen molar-refractivity contribution in [3.63, 3.8) is 0 Å². The van der Waals surface area contributed by atoms with Crippen molar-refractivity contribution in [3.05, 3.63) is 60.6 Å². The second kappa shape index (κ2) is 7.51. The first kappa shape index (κ1) is 16.5. The Bertz CT molecular complexity index is 850. The Morgan fingerprint density at radius 1 is 1.19 bits per heavy atom. The number of aromatic nitrogens is 5. The van der Waals surface area contributed by atoms with E-state index in [2.05, 4.69) is 35.5 Å². The fourth-order valence-electron chi connectivity index (χ4n) is 3.47. The van der Waals surface area contributed by atoms with Crippen LogP contribution >= 0.6 is 0 Å². The summed E-state index contributed by atoms with van der Waals surface area (Å²) in [6, 6.07) is 5.83. The molecular weight excluding hydrogens is 328 g/mol. The number of ether oxygens (including phenoxy) is 1. The van der Waals surface area contributed by atoms with Gasteiger partial charge in [-0.15, -0.1) is 0 Å². The summed E-state index contributed by atoms with van der Waals surface area (Å²) in [4.78, 5) is 20.0. The van der Waals surface area contributed by atoms with Gasteiger partial charge in [0.15, 0.2) is 0 Å². The summed E-state index contributed by atoms with van der Waals surface area (Å²) in [7, 11) is 1.63. The molecule has 26 heavy (non-hydrogen) atoms. The summed E-state index contributed by atoms with van der Waals surface area (Å²) < 4.78 is 7.45. The molecule has 0 unspecified atom stereocenters. The van der Waals surface area contributed by atoms with Gasteiger partial charge in [0.25, 0.3) is 0 Å². The molecule has 7 nitrogen and oxygen atoms in total. The Morgan fingerprint density at radius 3 is 3.00 bits per heavy atom. The minimum atomic E-state index is 0.352. The van der Waals surface area contributed by atoms with Crippen LogP contribution < -0.4 is 9.64 Å². The van der Waals surface area contributed by atoms with E-state index in [9.17, 15) is 0 Å². The Labute approximate surface area is 152 Å². The van der Waals surface area contributed by atoms with Crippen LogP contribution in [0.15, 0.2) is 49.2 Å². The van der Waals surface area contributed by atoms with Gasteiger partial charge in [-0.1, -0.05) is 6.07 Å². The molecule has 1 aliphatic rings. The first-order valence-electron chi connectivity index (χ1n) is 8.85. The number of pyridine rings is 1. The average molecular weight is 350 g/mol. The Hall–Kier alpha value is -2.96. The standard InChI is InChI=1S/C19H22N6O/c1-26-17-6-8-22-19(23-17)25-10-3-5-16(14-25)18-21-9-11-24(18)13-15-4-2-7-20-12-15/h2,4,6-9,11-12,16H,3,5,10,13-14H2,1H3/t16-/m1/s1. The summed E-state index contributed by atoms with van der Waals surface area (Å²) in [5, 5.41) is 0. The van der Waals surface area contributed by atoms with E-state index in [1.165, 1.54) is 5.56 Å². The lowest BCUT2D eigenvalue weighted by Gasteiger charge is -2.32. The maximum atomic E-state index is 5.23. The molecule has 0 N–H and O–H groups in total. The third-order valence-electron chi connectivity index (χ3n) is 4.72. The van der Waals surface area contributed by atoms with E-state index in [1.54, 1.807) is 25.6 Å².